The van der Waals surface area contributed by atoms with Crippen LogP contribution in [0.5, 0.6) is 5.75 Å². The topological polar surface area (TPSA) is 149 Å². The fourth-order valence-electron chi connectivity index (χ4n) is 7.76. The number of aromatic nitrogens is 1. The van der Waals surface area contributed by atoms with Gasteiger partial charge in [-0.15, -0.1) is 0 Å². The summed E-state index contributed by atoms with van der Waals surface area (Å²) in [5.41, 5.74) is 2.32. The van der Waals surface area contributed by atoms with Crippen LogP contribution in [0.4, 0.5) is 0 Å². The van der Waals surface area contributed by atoms with Gasteiger partial charge in [-0.2, -0.15) is 4.31 Å². The number of carboxylic acids is 1. The van der Waals surface area contributed by atoms with E-state index in [2.05, 4.69) is 23.3 Å². The van der Waals surface area contributed by atoms with Crippen LogP contribution < -0.4 is 10.1 Å². The summed E-state index contributed by atoms with van der Waals surface area (Å²) < 4.78 is 32.7. The zero-order valence-electron chi connectivity index (χ0n) is 28.0. The van der Waals surface area contributed by atoms with Crippen molar-refractivity contribution in [2.75, 3.05) is 32.8 Å². The summed E-state index contributed by atoms with van der Waals surface area (Å²) in [5, 5.41) is 34.6. The number of nitrogens with one attached hydrogen (secondary N) is 1. The van der Waals surface area contributed by atoms with Crippen molar-refractivity contribution in [2.24, 2.45) is 17.8 Å². The monoisotopic (exact) mass is 681 g/mol. The minimum atomic E-state index is -3.45. The second-order valence-corrected chi connectivity index (χ2v) is 15.4. The highest BCUT2D eigenvalue weighted by atomic mass is 32.2. The van der Waals surface area contributed by atoms with Gasteiger partial charge in [0.1, 0.15) is 5.75 Å². The average Bonchev–Trinajstić information content (AvgIpc) is 3.22. The molecule has 262 valence electrons. The SMILES string of the molecule is CCCCC[C@H](O)CC[C@@H]1[C@H]2Cc3cccc(OCC(=O)O)c3C[C@H]2C[C@H]1O.O=S(=O)(c1cccc2cnccc12)N1CCCNCC1. The van der Waals surface area contributed by atoms with Crippen molar-refractivity contribution in [3.8, 4) is 5.75 Å². The molecule has 2 aromatic carbocycles. The Balaban J connectivity index is 0.000000198. The number of fused-ring (bicyclic) bond motifs is 3. The third-order valence-electron chi connectivity index (χ3n) is 10.2. The lowest BCUT2D eigenvalue weighted by atomic mass is 9.73. The summed E-state index contributed by atoms with van der Waals surface area (Å²) in [6, 6.07) is 13.0. The fraction of sp³-hybridized carbons (Fsp3) is 0.568. The van der Waals surface area contributed by atoms with Gasteiger partial charge in [-0.1, -0.05) is 50.5 Å². The smallest absolute Gasteiger partial charge is 0.341 e. The molecule has 3 aliphatic rings. The zero-order valence-corrected chi connectivity index (χ0v) is 28.8. The van der Waals surface area contributed by atoms with Crippen molar-refractivity contribution in [1.82, 2.24) is 14.6 Å². The molecule has 11 heteroatoms. The lowest BCUT2D eigenvalue weighted by Crippen LogP contribution is -2.34. The molecular weight excluding hydrogens is 630 g/mol. The summed E-state index contributed by atoms with van der Waals surface area (Å²) >= 11 is 0. The van der Waals surface area contributed by atoms with Gasteiger partial charge in [0.2, 0.25) is 10.0 Å². The van der Waals surface area contributed by atoms with E-state index in [9.17, 15) is 23.4 Å². The van der Waals surface area contributed by atoms with Gasteiger partial charge in [0.05, 0.1) is 17.1 Å². The number of ether oxygens (including phenoxy) is 1. The normalized spacial score (nSPS) is 23.3. The molecule has 0 spiro atoms. The van der Waals surface area contributed by atoms with E-state index in [4.69, 9.17) is 9.84 Å². The first kappa shape index (κ1) is 36.2. The van der Waals surface area contributed by atoms with Gasteiger partial charge in [0.15, 0.2) is 6.61 Å². The van der Waals surface area contributed by atoms with Crippen molar-refractivity contribution in [2.45, 2.75) is 88.2 Å². The Kier molecular flexibility index (Phi) is 12.8. The number of sulfonamides is 1. The van der Waals surface area contributed by atoms with Crippen LogP contribution in [0.1, 0.15) is 69.4 Å². The fourth-order valence-corrected chi connectivity index (χ4v) is 9.45. The number of benzene rings is 2. The number of unbranched alkanes of at least 4 members (excludes halogenated alkanes) is 2. The van der Waals surface area contributed by atoms with E-state index in [1.165, 1.54) is 5.56 Å². The van der Waals surface area contributed by atoms with E-state index in [0.29, 0.717) is 42.1 Å². The molecule has 48 heavy (non-hydrogen) atoms. The number of carboxylic acid groups (broad SMARTS) is 1. The average molecular weight is 682 g/mol. The predicted octanol–water partition coefficient (Wildman–Crippen LogP) is 4.80. The molecule has 0 radical (unpaired) electrons. The maximum absolute atomic E-state index is 12.8. The van der Waals surface area contributed by atoms with Crippen molar-refractivity contribution < 1.29 is 33.3 Å². The van der Waals surface area contributed by atoms with Gasteiger partial charge in [0, 0.05) is 42.8 Å². The maximum Gasteiger partial charge on any atom is 0.341 e. The molecule has 2 heterocycles. The van der Waals surface area contributed by atoms with Crippen LogP contribution in [0, 0.1) is 17.8 Å². The molecule has 5 atom stereocenters. The molecule has 10 nitrogen and oxygen atoms in total. The minimum absolute atomic E-state index is 0.238. The highest BCUT2D eigenvalue weighted by molar-refractivity contribution is 7.89. The number of carbonyl (C=O) groups is 1. The van der Waals surface area contributed by atoms with Gasteiger partial charge in [-0.05, 0) is 98.6 Å². The Labute approximate surface area is 284 Å². The Morgan fingerprint density at radius 1 is 1.08 bits per heavy atom. The molecular formula is C37H51N3O7S. The third kappa shape index (κ3) is 8.92. The number of pyridine rings is 1. The van der Waals surface area contributed by atoms with E-state index in [-0.39, 0.29) is 24.7 Å². The molecule has 1 saturated carbocycles. The standard InChI is InChI=1S/C23H34O5.C14H17N3O2S/c1-2-3-4-7-17(24)9-10-18-19-11-15-6-5-8-22(28-14-23(26)27)20(15)12-16(19)13-21(18)25;18-20(19,17-9-2-6-15-8-10-17)14-4-1-3-12-11-16-7-5-13(12)14/h5-6,8,16-19,21,24-25H,2-4,7,9-14H2,1H3,(H,26,27);1,3-5,7,11,15H,2,6,8-10H2/t16-,17-,18+,19-,21+;/m0./s1. The van der Waals surface area contributed by atoms with E-state index < -0.39 is 16.0 Å². The van der Waals surface area contributed by atoms with Crippen molar-refractivity contribution in [3.63, 3.8) is 0 Å². The van der Waals surface area contributed by atoms with Gasteiger partial charge >= 0.3 is 5.97 Å². The molecule has 4 N–H and O–H groups in total. The number of aliphatic hydroxyl groups excluding tert-OH is 2. The van der Waals surface area contributed by atoms with Crippen molar-refractivity contribution in [3.05, 3.63) is 66.0 Å². The minimum Gasteiger partial charge on any atom is -0.482 e. The van der Waals surface area contributed by atoms with E-state index >= 15 is 0 Å². The van der Waals surface area contributed by atoms with Crippen LogP contribution in [0.2, 0.25) is 0 Å². The predicted molar refractivity (Wildman–Crippen MR) is 185 cm³/mol. The maximum atomic E-state index is 12.8. The molecule has 1 aliphatic heterocycles. The Morgan fingerprint density at radius 3 is 2.73 bits per heavy atom. The lowest BCUT2D eigenvalue weighted by Gasteiger charge is -2.32. The summed E-state index contributed by atoms with van der Waals surface area (Å²) in [5.74, 6) is 0.768. The number of aliphatic carboxylic acids is 1. The number of hydrogen-bond donors (Lipinski definition) is 4. The van der Waals surface area contributed by atoms with Crippen molar-refractivity contribution >= 4 is 26.8 Å². The summed E-state index contributed by atoms with van der Waals surface area (Å²) in [7, 11) is -3.45. The van der Waals surface area contributed by atoms with E-state index in [0.717, 1.165) is 87.1 Å². The molecule has 2 fully saturated rings. The van der Waals surface area contributed by atoms with Crippen LogP contribution in [0.3, 0.4) is 0 Å². The number of aliphatic hydroxyl groups is 2. The first-order valence-electron chi connectivity index (χ1n) is 17.5. The Bertz CT molecular complexity index is 1600. The molecule has 1 aromatic heterocycles. The van der Waals surface area contributed by atoms with E-state index in [1.807, 2.05) is 18.2 Å². The quantitative estimate of drug-likeness (QED) is 0.198. The van der Waals surface area contributed by atoms with Crippen molar-refractivity contribution in [1.29, 1.82) is 0 Å². The number of hydrogen-bond acceptors (Lipinski definition) is 8. The first-order valence-corrected chi connectivity index (χ1v) is 19.0. The number of rotatable bonds is 12. The summed E-state index contributed by atoms with van der Waals surface area (Å²) in [6.45, 7) is 4.49. The lowest BCUT2D eigenvalue weighted by molar-refractivity contribution is -0.139. The first-order chi connectivity index (χ1) is 23.2. The Morgan fingerprint density at radius 2 is 1.92 bits per heavy atom. The Hall–Kier alpha value is -3.09. The van der Waals surface area contributed by atoms with Crippen LogP contribution in [-0.2, 0) is 27.7 Å². The molecule has 3 aromatic rings. The van der Waals surface area contributed by atoms with Crippen LogP contribution in [0.25, 0.3) is 10.8 Å². The van der Waals surface area contributed by atoms with Crippen LogP contribution in [-0.4, -0.2) is 84.0 Å². The number of nitrogens with zero attached hydrogens (tertiary/aromatic N) is 2. The largest absolute Gasteiger partial charge is 0.482 e. The van der Waals surface area contributed by atoms with Gasteiger partial charge in [-0.25, -0.2) is 13.2 Å². The molecule has 2 aliphatic carbocycles. The highest BCUT2D eigenvalue weighted by Crippen LogP contribution is 2.48. The molecule has 0 unspecified atom stereocenters. The van der Waals surface area contributed by atoms with Gasteiger partial charge < -0.3 is 25.4 Å². The summed E-state index contributed by atoms with van der Waals surface area (Å²) in [4.78, 5) is 15.3. The molecule has 0 amide bonds. The summed E-state index contributed by atoms with van der Waals surface area (Å²) in [6.07, 6.45) is 12.0. The van der Waals surface area contributed by atoms with Crippen LogP contribution >= 0.6 is 0 Å². The molecule has 6 rings (SSSR count). The zero-order chi connectivity index (χ0) is 34.1. The third-order valence-corrected chi connectivity index (χ3v) is 12.2. The van der Waals surface area contributed by atoms with Gasteiger partial charge in [0.25, 0.3) is 0 Å². The highest BCUT2D eigenvalue weighted by Gasteiger charge is 2.45. The van der Waals surface area contributed by atoms with E-state index in [1.54, 1.807) is 34.9 Å². The molecule has 1 saturated heterocycles. The second-order valence-electron chi connectivity index (χ2n) is 13.5. The van der Waals surface area contributed by atoms with Crippen LogP contribution in [0.15, 0.2) is 59.8 Å². The van der Waals surface area contributed by atoms with Gasteiger partial charge in [-0.3, -0.25) is 4.98 Å². The second kappa shape index (κ2) is 17.0. The molecule has 0 bridgehead atoms.